The first-order valence-electron chi connectivity index (χ1n) is 9.59. The van der Waals surface area contributed by atoms with Gasteiger partial charge in [-0.3, -0.25) is 4.18 Å². The number of unbranched alkanes of at least 4 members (excludes halogenated alkanes) is 9. The van der Waals surface area contributed by atoms with Crippen molar-refractivity contribution < 1.29 is 21.7 Å². The number of nitrogens with zero attached hydrogens (tertiary/aromatic N) is 2. The maximum absolute atomic E-state index is 10.6. The SMILES string of the molecule is CCCCCCCCCCCCn1cc[n+](C[C@H](C)OS(=O)(=O)[O-])c1. The highest BCUT2D eigenvalue weighted by Crippen LogP contribution is 2.10. The zero-order valence-electron chi connectivity index (χ0n) is 15.7. The topological polar surface area (TPSA) is 75.2 Å². The van der Waals surface area contributed by atoms with Crippen LogP contribution in [0.5, 0.6) is 0 Å². The fourth-order valence-corrected chi connectivity index (χ4v) is 3.45. The number of aromatic nitrogens is 2. The minimum atomic E-state index is -4.64. The summed E-state index contributed by atoms with van der Waals surface area (Å²) in [5.74, 6) is 0. The van der Waals surface area contributed by atoms with Crippen LogP contribution in [0.4, 0.5) is 0 Å². The molecule has 6 nitrogen and oxygen atoms in total. The quantitative estimate of drug-likeness (QED) is 0.204. The van der Waals surface area contributed by atoms with Gasteiger partial charge in [-0.2, -0.15) is 0 Å². The van der Waals surface area contributed by atoms with Crippen molar-refractivity contribution in [1.82, 2.24) is 4.57 Å². The molecule has 0 aromatic carbocycles. The second kappa shape index (κ2) is 12.4. The lowest BCUT2D eigenvalue weighted by atomic mass is 10.1. The number of hydrogen-bond acceptors (Lipinski definition) is 4. The van der Waals surface area contributed by atoms with Gasteiger partial charge in [0.25, 0.3) is 0 Å². The minimum absolute atomic E-state index is 0.340. The Morgan fingerprint density at radius 2 is 1.60 bits per heavy atom. The molecule has 7 heteroatoms. The number of aryl methyl sites for hydroxylation is 1. The second-order valence-electron chi connectivity index (χ2n) is 6.85. The van der Waals surface area contributed by atoms with Crippen LogP contribution in [0.1, 0.15) is 78.1 Å². The molecule has 0 saturated carbocycles. The standard InChI is InChI=1S/C18H34N2O4S/c1-3-4-5-6-7-8-9-10-11-12-13-19-14-15-20(17-19)16-18(2)24-25(21,22)23/h14-15,17-18H,3-13,16H2,1-2H3/t18-/m0/s1. The summed E-state index contributed by atoms with van der Waals surface area (Å²) in [6.45, 7) is 5.12. The summed E-state index contributed by atoms with van der Waals surface area (Å²) in [5.41, 5.74) is 0. The lowest BCUT2D eigenvalue weighted by molar-refractivity contribution is -0.701. The molecule has 0 aliphatic carbocycles. The van der Waals surface area contributed by atoms with E-state index in [0.717, 1.165) is 13.0 Å². The van der Waals surface area contributed by atoms with Crippen LogP contribution in [0.25, 0.3) is 0 Å². The maximum atomic E-state index is 10.6. The van der Waals surface area contributed by atoms with E-state index in [2.05, 4.69) is 15.7 Å². The van der Waals surface area contributed by atoms with Crippen molar-refractivity contribution in [2.45, 2.75) is 97.2 Å². The van der Waals surface area contributed by atoms with Crippen molar-refractivity contribution >= 4 is 10.4 Å². The molecule has 25 heavy (non-hydrogen) atoms. The van der Waals surface area contributed by atoms with E-state index in [1.165, 1.54) is 57.8 Å². The lowest BCUT2D eigenvalue weighted by Crippen LogP contribution is -2.38. The zero-order valence-corrected chi connectivity index (χ0v) is 16.5. The van der Waals surface area contributed by atoms with Gasteiger partial charge in [0, 0.05) is 0 Å². The third-order valence-electron chi connectivity index (χ3n) is 4.27. The van der Waals surface area contributed by atoms with Crippen LogP contribution in [0.3, 0.4) is 0 Å². The van der Waals surface area contributed by atoms with Crippen LogP contribution in [-0.2, 0) is 27.7 Å². The summed E-state index contributed by atoms with van der Waals surface area (Å²) in [6.07, 6.45) is 18.3. The maximum Gasteiger partial charge on any atom is 0.243 e. The highest BCUT2D eigenvalue weighted by atomic mass is 32.3. The van der Waals surface area contributed by atoms with E-state index >= 15 is 0 Å². The summed E-state index contributed by atoms with van der Waals surface area (Å²) < 4.78 is 40.0. The average Bonchev–Trinajstić information content (AvgIpc) is 2.94. The molecule has 0 spiro atoms. The first kappa shape index (κ1) is 22.1. The smallest absolute Gasteiger partial charge is 0.243 e. The van der Waals surface area contributed by atoms with Crippen molar-refractivity contribution in [3.8, 4) is 0 Å². The van der Waals surface area contributed by atoms with Crippen LogP contribution < -0.4 is 4.57 Å². The Labute approximate surface area is 153 Å². The normalized spacial score (nSPS) is 13.2. The summed E-state index contributed by atoms with van der Waals surface area (Å²) in [4.78, 5) is 0. The third-order valence-corrected chi connectivity index (χ3v) is 4.83. The van der Waals surface area contributed by atoms with Crippen molar-refractivity contribution in [3.63, 3.8) is 0 Å². The Morgan fingerprint density at radius 3 is 2.16 bits per heavy atom. The highest BCUT2D eigenvalue weighted by Gasteiger charge is 2.12. The molecule has 1 atom stereocenters. The van der Waals surface area contributed by atoms with Crippen molar-refractivity contribution in [2.24, 2.45) is 0 Å². The summed E-state index contributed by atoms with van der Waals surface area (Å²) in [6, 6.07) is 0. The summed E-state index contributed by atoms with van der Waals surface area (Å²) >= 11 is 0. The average molecular weight is 375 g/mol. The summed E-state index contributed by atoms with van der Waals surface area (Å²) in [5, 5.41) is 0. The molecule has 0 fully saturated rings. The Hall–Kier alpha value is -0.920. The molecule has 0 aliphatic rings. The van der Waals surface area contributed by atoms with Gasteiger partial charge in [0.2, 0.25) is 16.7 Å². The van der Waals surface area contributed by atoms with Gasteiger partial charge in [-0.1, -0.05) is 58.3 Å². The molecule has 1 aromatic rings. The molecular weight excluding hydrogens is 340 g/mol. The first-order valence-corrected chi connectivity index (χ1v) is 10.9. The first-order chi connectivity index (χ1) is 11.9. The van der Waals surface area contributed by atoms with Gasteiger partial charge in [-0.15, -0.1) is 0 Å². The number of rotatable bonds is 15. The molecule has 0 aliphatic heterocycles. The van der Waals surface area contributed by atoms with Crippen molar-refractivity contribution in [3.05, 3.63) is 18.7 Å². The second-order valence-corrected chi connectivity index (χ2v) is 7.85. The van der Waals surface area contributed by atoms with Crippen LogP contribution in [0, 0.1) is 0 Å². The van der Waals surface area contributed by atoms with Gasteiger partial charge in [0.05, 0.1) is 6.54 Å². The molecule has 146 valence electrons. The Balaban J connectivity index is 2.08. The molecule has 0 saturated heterocycles. The molecule has 0 N–H and O–H groups in total. The van der Waals surface area contributed by atoms with Gasteiger partial charge in [-0.25, -0.2) is 17.6 Å². The fraction of sp³-hybridized carbons (Fsp3) is 0.833. The number of imidazole rings is 1. The number of hydrogen-bond donors (Lipinski definition) is 0. The van der Waals surface area contributed by atoms with Gasteiger partial charge >= 0.3 is 0 Å². The lowest BCUT2D eigenvalue weighted by Gasteiger charge is -2.12. The van der Waals surface area contributed by atoms with Crippen LogP contribution in [-0.4, -0.2) is 23.6 Å². The molecule has 0 unspecified atom stereocenters. The highest BCUT2D eigenvalue weighted by molar-refractivity contribution is 7.80. The predicted molar refractivity (Wildman–Crippen MR) is 96.7 cm³/mol. The van der Waals surface area contributed by atoms with E-state index in [1.807, 2.05) is 23.3 Å². The van der Waals surface area contributed by atoms with Crippen LogP contribution in [0.15, 0.2) is 18.7 Å². The monoisotopic (exact) mass is 374 g/mol. The van der Waals surface area contributed by atoms with E-state index in [4.69, 9.17) is 0 Å². The minimum Gasteiger partial charge on any atom is -0.726 e. The van der Waals surface area contributed by atoms with E-state index in [1.54, 1.807) is 6.92 Å². The molecular formula is C18H34N2O4S. The van der Waals surface area contributed by atoms with E-state index in [9.17, 15) is 13.0 Å². The van der Waals surface area contributed by atoms with Gasteiger partial charge in [0.15, 0.2) is 0 Å². The largest absolute Gasteiger partial charge is 0.726 e. The van der Waals surface area contributed by atoms with Crippen molar-refractivity contribution in [1.29, 1.82) is 0 Å². The van der Waals surface area contributed by atoms with Gasteiger partial charge in [-0.05, 0) is 19.8 Å². The van der Waals surface area contributed by atoms with E-state index < -0.39 is 16.5 Å². The molecule has 1 rings (SSSR count). The van der Waals surface area contributed by atoms with E-state index in [-0.39, 0.29) is 0 Å². The molecule has 1 aromatic heterocycles. The molecule has 0 radical (unpaired) electrons. The van der Waals surface area contributed by atoms with Gasteiger partial charge in [0.1, 0.15) is 25.0 Å². The summed E-state index contributed by atoms with van der Waals surface area (Å²) in [7, 11) is -4.64. The van der Waals surface area contributed by atoms with Crippen molar-refractivity contribution in [2.75, 3.05) is 0 Å². The third kappa shape index (κ3) is 12.1. The molecule has 1 heterocycles. The Bertz CT molecular complexity index is 557. The Morgan fingerprint density at radius 1 is 1.04 bits per heavy atom. The van der Waals surface area contributed by atoms with E-state index in [0.29, 0.717) is 6.54 Å². The van der Waals surface area contributed by atoms with Crippen LogP contribution >= 0.6 is 0 Å². The van der Waals surface area contributed by atoms with Crippen LogP contribution in [0.2, 0.25) is 0 Å². The zero-order chi connectivity index (χ0) is 18.5. The molecule has 0 bridgehead atoms. The predicted octanol–water partition coefficient (Wildman–Crippen LogP) is 3.56. The fourth-order valence-electron chi connectivity index (χ4n) is 2.99. The Kier molecular flexibility index (Phi) is 11.0. The molecule has 0 amide bonds. The van der Waals surface area contributed by atoms with Gasteiger partial charge < -0.3 is 4.55 Å².